The van der Waals surface area contributed by atoms with E-state index in [1.807, 2.05) is 17.5 Å². The van der Waals surface area contributed by atoms with Crippen LogP contribution in [0.1, 0.15) is 21.9 Å². The molecule has 0 unspecified atom stereocenters. The number of imide groups is 1. The molecule has 158 valence electrons. The van der Waals surface area contributed by atoms with Crippen LogP contribution >= 0.6 is 11.3 Å². The number of nitrogens with zero attached hydrogens (tertiary/aromatic N) is 3. The maximum Gasteiger partial charge on any atom is 0.332 e. The molecule has 2 aromatic heterocycles. The molecule has 7 nitrogen and oxygen atoms in total. The molecule has 5 rings (SSSR count). The minimum atomic E-state index is -0.876. The minimum Gasteiger partial charge on any atom is -0.459 e. The number of furan rings is 1. The Balaban J connectivity index is 1.55. The number of halogens is 1. The zero-order chi connectivity index (χ0) is 21.5. The second kappa shape index (κ2) is 7.66. The molecular formula is C22H18FN3O4S. The van der Waals surface area contributed by atoms with Crippen molar-refractivity contribution in [2.45, 2.75) is 25.0 Å². The van der Waals surface area contributed by atoms with Gasteiger partial charge >= 0.3 is 6.03 Å². The Labute approximate surface area is 181 Å². The third-order valence-electron chi connectivity index (χ3n) is 5.64. The molecule has 0 N–H and O–H groups in total. The average molecular weight is 439 g/mol. The van der Waals surface area contributed by atoms with Crippen LogP contribution in [0.2, 0.25) is 0 Å². The van der Waals surface area contributed by atoms with E-state index in [1.54, 1.807) is 17.0 Å². The number of carbonyl (C=O) groups is 3. The first-order valence-electron chi connectivity index (χ1n) is 9.81. The first-order chi connectivity index (χ1) is 15.0. The van der Waals surface area contributed by atoms with Crippen LogP contribution in [0.3, 0.4) is 0 Å². The molecule has 2 aliphatic heterocycles. The van der Waals surface area contributed by atoms with Gasteiger partial charge < -0.3 is 14.2 Å². The van der Waals surface area contributed by atoms with Crippen molar-refractivity contribution in [3.05, 3.63) is 76.6 Å². The number of carbonyl (C=O) groups excluding carboxylic acids is 3. The highest BCUT2D eigenvalue weighted by molar-refractivity contribution is 7.09. The molecule has 1 aromatic carbocycles. The predicted molar refractivity (Wildman–Crippen MR) is 111 cm³/mol. The molecule has 2 atom stereocenters. The fourth-order valence-electron chi connectivity index (χ4n) is 4.27. The molecule has 31 heavy (non-hydrogen) atoms. The van der Waals surface area contributed by atoms with Gasteiger partial charge in [-0.05, 0) is 48.2 Å². The normalized spacial score (nSPS) is 21.0. The summed E-state index contributed by atoms with van der Waals surface area (Å²) in [6, 6.07) is 10.4. The van der Waals surface area contributed by atoms with E-state index in [2.05, 4.69) is 0 Å². The van der Waals surface area contributed by atoms with Gasteiger partial charge in [0.2, 0.25) is 0 Å². The fourth-order valence-corrected chi connectivity index (χ4v) is 4.98. The Bertz CT molecular complexity index is 1130. The van der Waals surface area contributed by atoms with Gasteiger partial charge in [0.15, 0.2) is 5.76 Å². The molecule has 0 bridgehead atoms. The standard InChI is InChI=1S/C22H18FN3O4S/c23-14-4-1-5-15(12-14)26-21(28)19-17(25(22(26)29)13-16-6-3-11-31-16)8-9-24(19)20(27)18-7-2-10-30-18/h1-7,10-12,17,19H,8-9,13H2/t17-,19+/m1/s1. The summed E-state index contributed by atoms with van der Waals surface area (Å²) in [6.45, 7) is 0.616. The number of urea groups is 1. The highest BCUT2D eigenvalue weighted by atomic mass is 32.1. The number of anilines is 1. The van der Waals surface area contributed by atoms with Crippen LogP contribution in [0.5, 0.6) is 0 Å². The van der Waals surface area contributed by atoms with Crippen molar-refractivity contribution >= 4 is 34.9 Å². The lowest BCUT2D eigenvalue weighted by molar-refractivity contribution is -0.124. The van der Waals surface area contributed by atoms with Crippen molar-refractivity contribution in [3.63, 3.8) is 0 Å². The molecule has 3 aromatic rings. The van der Waals surface area contributed by atoms with Gasteiger partial charge in [-0.2, -0.15) is 0 Å². The number of fused-ring (bicyclic) bond motifs is 1. The number of amides is 4. The SMILES string of the molecule is O=C1[C@@H]2[C@@H](CCN2C(=O)c2ccco2)N(Cc2cccs2)C(=O)N1c1cccc(F)c1. The summed E-state index contributed by atoms with van der Waals surface area (Å²) in [4.78, 5) is 44.9. The van der Waals surface area contributed by atoms with E-state index in [4.69, 9.17) is 4.42 Å². The van der Waals surface area contributed by atoms with Crippen LogP contribution in [0.4, 0.5) is 14.9 Å². The second-order valence-corrected chi connectivity index (χ2v) is 8.45. The summed E-state index contributed by atoms with van der Waals surface area (Å²) < 4.78 is 19.1. The van der Waals surface area contributed by atoms with Crippen molar-refractivity contribution < 1.29 is 23.2 Å². The van der Waals surface area contributed by atoms with Gasteiger partial charge in [-0.1, -0.05) is 12.1 Å². The van der Waals surface area contributed by atoms with Crippen molar-refractivity contribution in [3.8, 4) is 0 Å². The lowest BCUT2D eigenvalue weighted by Crippen LogP contribution is -2.65. The van der Waals surface area contributed by atoms with Crippen LogP contribution in [-0.4, -0.2) is 46.3 Å². The molecule has 4 amide bonds. The smallest absolute Gasteiger partial charge is 0.332 e. The van der Waals surface area contributed by atoms with Gasteiger partial charge in [0.1, 0.15) is 11.9 Å². The van der Waals surface area contributed by atoms with E-state index in [0.717, 1.165) is 15.8 Å². The summed E-state index contributed by atoms with van der Waals surface area (Å²) in [6.07, 6.45) is 1.87. The van der Waals surface area contributed by atoms with Gasteiger partial charge in [-0.15, -0.1) is 11.3 Å². The summed E-state index contributed by atoms with van der Waals surface area (Å²) in [7, 11) is 0. The third kappa shape index (κ3) is 3.31. The van der Waals surface area contributed by atoms with Crippen LogP contribution in [0, 0.1) is 5.82 Å². The summed E-state index contributed by atoms with van der Waals surface area (Å²) in [5.41, 5.74) is 0.141. The minimum absolute atomic E-state index is 0.132. The molecule has 2 aliphatic rings. The van der Waals surface area contributed by atoms with E-state index in [9.17, 15) is 18.8 Å². The van der Waals surface area contributed by atoms with E-state index in [0.29, 0.717) is 19.5 Å². The Kier molecular flexibility index (Phi) is 4.82. The van der Waals surface area contributed by atoms with Crippen LogP contribution < -0.4 is 4.90 Å². The van der Waals surface area contributed by atoms with Crippen molar-refractivity contribution in [1.29, 1.82) is 0 Å². The molecular weight excluding hydrogens is 421 g/mol. The third-order valence-corrected chi connectivity index (χ3v) is 6.50. The average Bonchev–Trinajstić information content (AvgIpc) is 3.53. The lowest BCUT2D eigenvalue weighted by Gasteiger charge is -2.43. The van der Waals surface area contributed by atoms with Crippen molar-refractivity contribution in [2.24, 2.45) is 0 Å². The molecule has 0 aliphatic carbocycles. The van der Waals surface area contributed by atoms with Gasteiger partial charge in [0.05, 0.1) is 24.5 Å². The van der Waals surface area contributed by atoms with Gasteiger partial charge in [-0.3, -0.25) is 9.59 Å². The van der Waals surface area contributed by atoms with Crippen LogP contribution in [-0.2, 0) is 11.3 Å². The highest BCUT2D eigenvalue weighted by Gasteiger charge is 2.54. The van der Waals surface area contributed by atoms with Crippen LogP contribution in [0.25, 0.3) is 0 Å². The summed E-state index contributed by atoms with van der Waals surface area (Å²) in [5.74, 6) is -1.37. The molecule has 0 radical (unpaired) electrons. The maximum absolute atomic E-state index is 13.9. The second-order valence-electron chi connectivity index (χ2n) is 7.42. The number of hydrogen-bond acceptors (Lipinski definition) is 5. The number of thiophene rings is 1. The number of rotatable bonds is 4. The van der Waals surface area contributed by atoms with Crippen molar-refractivity contribution in [2.75, 3.05) is 11.4 Å². The molecule has 0 spiro atoms. The first kappa shape index (κ1) is 19.5. The van der Waals surface area contributed by atoms with Crippen LogP contribution in [0.15, 0.2) is 64.6 Å². The Morgan fingerprint density at radius 2 is 2.03 bits per heavy atom. The van der Waals surface area contributed by atoms with Gasteiger partial charge in [0.25, 0.3) is 11.8 Å². The number of benzene rings is 1. The fraction of sp³-hybridized carbons (Fsp3) is 0.227. The molecule has 2 fully saturated rings. The Morgan fingerprint density at radius 1 is 1.16 bits per heavy atom. The van der Waals surface area contributed by atoms with Gasteiger partial charge in [0, 0.05) is 11.4 Å². The zero-order valence-electron chi connectivity index (χ0n) is 16.3. The largest absolute Gasteiger partial charge is 0.459 e. The number of likely N-dealkylation sites (tertiary alicyclic amines) is 1. The maximum atomic E-state index is 13.9. The first-order valence-corrected chi connectivity index (χ1v) is 10.7. The predicted octanol–water partition coefficient (Wildman–Crippen LogP) is 3.73. The molecule has 9 heteroatoms. The summed E-state index contributed by atoms with van der Waals surface area (Å²) in [5, 5.41) is 1.91. The van der Waals surface area contributed by atoms with E-state index < -0.39 is 35.7 Å². The lowest BCUT2D eigenvalue weighted by atomic mass is 10.0. The monoisotopic (exact) mass is 439 g/mol. The zero-order valence-corrected chi connectivity index (χ0v) is 17.1. The summed E-state index contributed by atoms with van der Waals surface area (Å²) >= 11 is 1.51. The molecule has 2 saturated heterocycles. The van der Waals surface area contributed by atoms with Gasteiger partial charge in [-0.25, -0.2) is 14.1 Å². The van der Waals surface area contributed by atoms with E-state index in [-0.39, 0.29) is 11.4 Å². The quantitative estimate of drug-likeness (QED) is 0.621. The number of hydrogen-bond donors (Lipinski definition) is 0. The Hall–Kier alpha value is -3.46. The molecule has 4 heterocycles. The topological polar surface area (TPSA) is 74.1 Å². The highest BCUT2D eigenvalue weighted by Crippen LogP contribution is 2.35. The Morgan fingerprint density at radius 3 is 2.74 bits per heavy atom. The van der Waals surface area contributed by atoms with E-state index in [1.165, 1.54) is 40.7 Å². The van der Waals surface area contributed by atoms with Crippen molar-refractivity contribution in [1.82, 2.24) is 9.80 Å². The molecule has 0 saturated carbocycles. The van der Waals surface area contributed by atoms with E-state index >= 15 is 0 Å².